The minimum absolute atomic E-state index is 0.0481. The molecule has 29 heavy (non-hydrogen) atoms. The van der Waals surface area contributed by atoms with Crippen LogP contribution in [0.1, 0.15) is 22.3 Å². The number of hydrogen-bond donors (Lipinski definition) is 1. The molecule has 0 saturated heterocycles. The largest absolute Gasteiger partial charge is 0.452 e. The lowest BCUT2D eigenvalue weighted by molar-refractivity contribution is -0.126. The van der Waals surface area contributed by atoms with Crippen LogP contribution < -0.4 is 5.32 Å². The minimum Gasteiger partial charge on any atom is -0.452 e. The number of rotatable bonds is 10. The molecule has 6 nitrogen and oxygen atoms in total. The summed E-state index contributed by atoms with van der Waals surface area (Å²) < 4.78 is 5.14. The van der Waals surface area contributed by atoms with E-state index >= 15 is 0 Å². The fraction of sp³-hybridized carbons (Fsp3) is 0.318. The molecule has 2 aromatic rings. The van der Waals surface area contributed by atoms with Crippen molar-refractivity contribution in [3.63, 3.8) is 0 Å². The Morgan fingerprint density at radius 1 is 1.00 bits per heavy atom. The summed E-state index contributed by atoms with van der Waals surface area (Å²) in [5.41, 5.74) is 1.57. The van der Waals surface area contributed by atoms with Gasteiger partial charge in [0.1, 0.15) is 0 Å². The first-order valence-electron chi connectivity index (χ1n) is 9.37. The van der Waals surface area contributed by atoms with Crippen molar-refractivity contribution < 1.29 is 19.1 Å². The van der Waals surface area contributed by atoms with Gasteiger partial charge in [-0.05, 0) is 30.5 Å². The normalized spacial score (nSPS) is 10.3. The quantitative estimate of drug-likeness (QED) is 0.368. The number of carbonyl (C=O) groups is 3. The summed E-state index contributed by atoms with van der Waals surface area (Å²) >= 11 is 1.27. The second kappa shape index (κ2) is 11.9. The van der Waals surface area contributed by atoms with Gasteiger partial charge in [0.05, 0.1) is 11.3 Å². The zero-order valence-corrected chi connectivity index (χ0v) is 17.5. The molecule has 1 N–H and O–H groups in total. The first-order chi connectivity index (χ1) is 14.0. The minimum atomic E-state index is -0.579. The number of benzene rings is 2. The van der Waals surface area contributed by atoms with E-state index in [2.05, 4.69) is 5.32 Å². The van der Waals surface area contributed by atoms with Crippen molar-refractivity contribution in [3.05, 3.63) is 65.7 Å². The maximum Gasteiger partial charge on any atom is 0.339 e. The summed E-state index contributed by atoms with van der Waals surface area (Å²) in [5.74, 6) is -0.739. The van der Waals surface area contributed by atoms with E-state index in [-0.39, 0.29) is 24.2 Å². The van der Waals surface area contributed by atoms with Crippen LogP contribution in [0.25, 0.3) is 0 Å². The maximum absolute atomic E-state index is 12.4. The first-order valence-corrected chi connectivity index (χ1v) is 10.4. The first kappa shape index (κ1) is 22.5. The monoisotopic (exact) mass is 414 g/mol. The van der Waals surface area contributed by atoms with Crippen LogP contribution in [0, 0.1) is 0 Å². The van der Waals surface area contributed by atoms with Gasteiger partial charge in [-0.25, -0.2) is 4.79 Å². The van der Waals surface area contributed by atoms with E-state index in [1.807, 2.05) is 30.3 Å². The second-order valence-corrected chi connectivity index (χ2v) is 7.61. The number of aryl methyl sites for hydroxylation is 1. The van der Waals surface area contributed by atoms with E-state index in [1.165, 1.54) is 22.2 Å². The Labute approximate surface area is 175 Å². The molecular formula is C22H26N2O4S. The SMILES string of the molecule is CN(C)C(=O)CSc1ccccc1C(=O)OCC(=O)NCCCc1ccccc1. The smallest absolute Gasteiger partial charge is 0.339 e. The van der Waals surface area contributed by atoms with E-state index in [0.717, 1.165) is 12.8 Å². The molecule has 7 heteroatoms. The van der Waals surface area contributed by atoms with Gasteiger partial charge in [-0.15, -0.1) is 11.8 Å². The Kier molecular flexibility index (Phi) is 9.24. The molecule has 0 aliphatic heterocycles. The van der Waals surface area contributed by atoms with Crippen LogP contribution in [-0.4, -0.2) is 55.7 Å². The molecule has 0 spiro atoms. The van der Waals surface area contributed by atoms with Gasteiger partial charge in [-0.1, -0.05) is 42.5 Å². The maximum atomic E-state index is 12.4. The van der Waals surface area contributed by atoms with Gasteiger partial charge in [0.15, 0.2) is 6.61 Å². The van der Waals surface area contributed by atoms with E-state index in [1.54, 1.807) is 38.4 Å². The molecule has 0 saturated carbocycles. The predicted octanol–water partition coefficient (Wildman–Crippen LogP) is 2.77. The summed E-state index contributed by atoms with van der Waals surface area (Å²) in [6.07, 6.45) is 1.68. The molecule has 0 unspecified atom stereocenters. The Bertz CT molecular complexity index is 825. The van der Waals surface area contributed by atoms with E-state index in [4.69, 9.17) is 4.74 Å². The average Bonchev–Trinajstić information content (AvgIpc) is 2.74. The average molecular weight is 415 g/mol. The summed E-state index contributed by atoms with van der Waals surface area (Å²) in [7, 11) is 3.36. The zero-order chi connectivity index (χ0) is 21.1. The standard InChI is InChI=1S/C22H26N2O4S/c1-24(2)21(26)16-29-19-13-7-6-12-18(19)22(27)28-15-20(25)23-14-8-11-17-9-4-3-5-10-17/h3-7,9-10,12-13H,8,11,14-16H2,1-2H3,(H,23,25). The highest BCUT2D eigenvalue weighted by molar-refractivity contribution is 8.00. The van der Waals surface area contributed by atoms with Crippen molar-refractivity contribution in [2.75, 3.05) is 33.0 Å². The van der Waals surface area contributed by atoms with Gasteiger partial charge in [-0.3, -0.25) is 9.59 Å². The van der Waals surface area contributed by atoms with Gasteiger partial charge in [0, 0.05) is 25.5 Å². The number of amides is 2. The summed E-state index contributed by atoms with van der Waals surface area (Å²) in [5, 5.41) is 2.76. The molecule has 0 heterocycles. The van der Waals surface area contributed by atoms with E-state index in [9.17, 15) is 14.4 Å². The fourth-order valence-electron chi connectivity index (χ4n) is 2.45. The molecule has 0 aromatic heterocycles. The third-order valence-corrected chi connectivity index (χ3v) is 5.16. The predicted molar refractivity (Wildman–Crippen MR) is 114 cm³/mol. The van der Waals surface area contributed by atoms with Crippen LogP contribution in [0.3, 0.4) is 0 Å². The lowest BCUT2D eigenvalue weighted by atomic mass is 10.1. The highest BCUT2D eigenvalue weighted by atomic mass is 32.2. The topological polar surface area (TPSA) is 75.7 Å². The third-order valence-electron chi connectivity index (χ3n) is 4.10. The van der Waals surface area contributed by atoms with Gasteiger partial charge >= 0.3 is 5.97 Å². The lowest BCUT2D eigenvalue weighted by Crippen LogP contribution is -2.30. The Hall–Kier alpha value is -2.80. The van der Waals surface area contributed by atoms with Crippen molar-refractivity contribution in [3.8, 4) is 0 Å². The molecule has 0 aliphatic carbocycles. The molecule has 2 amide bonds. The van der Waals surface area contributed by atoms with Gasteiger partial charge in [0.2, 0.25) is 5.91 Å². The van der Waals surface area contributed by atoms with Gasteiger partial charge in [0.25, 0.3) is 5.91 Å². The molecule has 0 bridgehead atoms. The molecule has 2 aromatic carbocycles. The van der Waals surface area contributed by atoms with Crippen LogP contribution in [0.5, 0.6) is 0 Å². The highest BCUT2D eigenvalue weighted by Gasteiger charge is 2.16. The molecule has 0 aliphatic rings. The Morgan fingerprint density at radius 2 is 1.69 bits per heavy atom. The number of ether oxygens (including phenoxy) is 1. The molecule has 154 valence electrons. The summed E-state index contributed by atoms with van der Waals surface area (Å²) in [6, 6.07) is 16.9. The zero-order valence-electron chi connectivity index (χ0n) is 16.7. The van der Waals surface area contributed by atoms with Gasteiger partial charge < -0.3 is 15.0 Å². The van der Waals surface area contributed by atoms with E-state index in [0.29, 0.717) is 17.0 Å². The Morgan fingerprint density at radius 3 is 2.41 bits per heavy atom. The number of hydrogen-bond acceptors (Lipinski definition) is 5. The molecule has 0 fully saturated rings. The Balaban J connectivity index is 1.75. The molecule has 0 atom stereocenters. The van der Waals surface area contributed by atoms with Crippen LogP contribution in [-0.2, 0) is 20.7 Å². The van der Waals surface area contributed by atoms with Crippen molar-refractivity contribution in [1.29, 1.82) is 0 Å². The molecule has 0 radical (unpaired) electrons. The second-order valence-electron chi connectivity index (χ2n) is 6.59. The fourth-order valence-corrected chi connectivity index (χ4v) is 3.47. The number of thioether (sulfide) groups is 1. The molecule has 2 rings (SSSR count). The summed E-state index contributed by atoms with van der Waals surface area (Å²) in [4.78, 5) is 38.2. The van der Waals surface area contributed by atoms with Crippen molar-refractivity contribution in [1.82, 2.24) is 10.2 Å². The number of nitrogens with zero attached hydrogens (tertiary/aromatic N) is 1. The third kappa shape index (κ3) is 7.99. The van der Waals surface area contributed by atoms with Crippen molar-refractivity contribution >= 4 is 29.5 Å². The number of nitrogens with one attached hydrogen (secondary N) is 1. The van der Waals surface area contributed by atoms with Crippen LogP contribution in [0.15, 0.2) is 59.5 Å². The lowest BCUT2D eigenvalue weighted by Gasteiger charge is -2.12. The highest BCUT2D eigenvalue weighted by Crippen LogP contribution is 2.23. The van der Waals surface area contributed by atoms with Gasteiger partial charge in [-0.2, -0.15) is 0 Å². The van der Waals surface area contributed by atoms with Crippen LogP contribution in [0.4, 0.5) is 0 Å². The van der Waals surface area contributed by atoms with Crippen molar-refractivity contribution in [2.45, 2.75) is 17.7 Å². The molecular weight excluding hydrogens is 388 g/mol. The summed E-state index contributed by atoms with van der Waals surface area (Å²) in [6.45, 7) is 0.185. The number of carbonyl (C=O) groups excluding carboxylic acids is 3. The van der Waals surface area contributed by atoms with E-state index < -0.39 is 5.97 Å². The van der Waals surface area contributed by atoms with Crippen LogP contribution >= 0.6 is 11.8 Å². The van der Waals surface area contributed by atoms with Crippen molar-refractivity contribution in [2.24, 2.45) is 0 Å². The number of esters is 1. The van der Waals surface area contributed by atoms with Crippen LogP contribution in [0.2, 0.25) is 0 Å².